The number of hydrogen-bond acceptors (Lipinski definition) is 7. The van der Waals surface area contributed by atoms with Crippen LogP contribution in [0.2, 0.25) is 0 Å². The van der Waals surface area contributed by atoms with Gasteiger partial charge in [0.15, 0.2) is 5.96 Å². The predicted molar refractivity (Wildman–Crippen MR) is 125 cm³/mol. The van der Waals surface area contributed by atoms with Crippen LogP contribution < -0.4 is 15.4 Å². The lowest BCUT2D eigenvalue weighted by Crippen LogP contribution is -2.43. The van der Waals surface area contributed by atoms with Gasteiger partial charge in [0.2, 0.25) is 5.91 Å². The van der Waals surface area contributed by atoms with Gasteiger partial charge in [-0.2, -0.15) is 8.42 Å². The molecular formula is C21H26N4O8S. The molecule has 0 unspecified atom stereocenters. The van der Waals surface area contributed by atoms with Gasteiger partial charge in [-0.05, 0) is 42.0 Å². The molecule has 0 heterocycles. The largest absolute Gasteiger partial charge is 0.481 e. The van der Waals surface area contributed by atoms with Crippen molar-refractivity contribution in [3.63, 3.8) is 0 Å². The maximum Gasteiger partial charge on any atom is 0.343 e. The van der Waals surface area contributed by atoms with Gasteiger partial charge in [0.1, 0.15) is 12.3 Å². The first-order valence-corrected chi connectivity index (χ1v) is 11.4. The normalized spacial score (nSPS) is 10.4. The highest BCUT2D eigenvalue weighted by Gasteiger charge is 2.17. The summed E-state index contributed by atoms with van der Waals surface area (Å²) in [7, 11) is -0.456. The van der Waals surface area contributed by atoms with Crippen molar-refractivity contribution in [2.24, 2.45) is 5.73 Å². The van der Waals surface area contributed by atoms with Gasteiger partial charge in [-0.25, -0.2) is 4.79 Å². The van der Waals surface area contributed by atoms with Gasteiger partial charge in [0.25, 0.3) is 10.1 Å². The van der Waals surface area contributed by atoms with Crippen molar-refractivity contribution in [2.75, 3.05) is 31.8 Å². The summed E-state index contributed by atoms with van der Waals surface area (Å²) in [6.07, 6.45) is 0.603. The van der Waals surface area contributed by atoms with Gasteiger partial charge in [-0.15, -0.1) is 0 Å². The lowest BCUT2D eigenvalue weighted by Gasteiger charge is -2.23. The molecule has 2 rings (SSSR count). The summed E-state index contributed by atoms with van der Waals surface area (Å²) in [6, 6.07) is 12.3. The van der Waals surface area contributed by atoms with Gasteiger partial charge >= 0.3 is 11.9 Å². The molecule has 184 valence electrons. The van der Waals surface area contributed by atoms with E-state index in [1.54, 1.807) is 38.4 Å². The van der Waals surface area contributed by atoms with Crippen LogP contribution in [-0.2, 0) is 26.1 Å². The Morgan fingerprint density at radius 1 is 1.03 bits per heavy atom. The van der Waals surface area contributed by atoms with Crippen molar-refractivity contribution in [3.8, 4) is 5.75 Å². The minimum absolute atomic E-state index is 0.102. The van der Waals surface area contributed by atoms with E-state index in [9.17, 15) is 22.8 Å². The van der Waals surface area contributed by atoms with Crippen LogP contribution >= 0.6 is 0 Å². The molecule has 0 atom stereocenters. The Morgan fingerprint density at radius 3 is 1.94 bits per heavy atom. The zero-order valence-electron chi connectivity index (χ0n) is 18.8. The molecule has 0 fully saturated rings. The molecule has 0 bridgehead atoms. The monoisotopic (exact) mass is 494 g/mol. The first kappa shape index (κ1) is 28.1. The van der Waals surface area contributed by atoms with Crippen LogP contribution in [0.4, 0.5) is 5.69 Å². The summed E-state index contributed by atoms with van der Waals surface area (Å²) < 4.78 is 31.1. The maximum atomic E-state index is 12.3. The van der Waals surface area contributed by atoms with E-state index in [2.05, 4.69) is 0 Å². The number of anilines is 1. The van der Waals surface area contributed by atoms with Crippen LogP contribution in [0.15, 0.2) is 48.5 Å². The van der Waals surface area contributed by atoms with Crippen LogP contribution in [0.3, 0.4) is 0 Å². The van der Waals surface area contributed by atoms with Crippen molar-refractivity contribution in [1.82, 2.24) is 4.90 Å². The van der Waals surface area contributed by atoms with Gasteiger partial charge in [0.05, 0.1) is 18.2 Å². The molecule has 12 nitrogen and oxygen atoms in total. The molecule has 0 spiro atoms. The first-order chi connectivity index (χ1) is 15.7. The van der Waals surface area contributed by atoms with Gasteiger partial charge in [-0.3, -0.25) is 19.6 Å². The van der Waals surface area contributed by atoms with Crippen molar-refractivity contribution >= 4 is 39.6 Å². The maximum absolute atomic E-state index is 12.3. The number of likely N-dealkylation sites (N-methyl/N-ethyl adjacent to an activating group) is 1. The lowest BCUT2D eigenvalue weighted by atomic mass is 10.1. The number of guanidine groups is 1. The van der Waals surface area contributed by atoms with E-state index in [0.717, 1.165) is 0 Å². The fraction of sp³-hybridized carbons (Fsp3) is 0.238. The van der Waals surface area contributed by atoms with Crippen molar-refractivity contribution < 1.29 is 37.2 Å². The molecule has 0 saturated heterocycles. The predicted octanol–water partition coefficient (Wildman–Crippen LogP) is 0.825. The van der Waals surface area contributed by atoms with E-state index >= 15 is 0 Å². The number of rotatable bonds is 7. The number of ether oxygens (including phenoxy) is 1. The van der Waals surface area contributed by atoms with E-state index in [0.29, 0.717) is 17.5 Å². The number of carboxylic acids is 1. The zero-order chi connectivity index (χ0) is 26.1. The smallest absolute Gasteiger partial charge is 0.343 e. The van der Waals surface area contributed by atoms with Crippen LogP contribution in [0.25, 0.3) is 0 Å². The molecule has 0 saturated carbocycles. The molecule has 0 aliphatic heterocycles. The van der Waals surface area contributed by atoms with Crippen molar-refractivity contribution in [1.29, 1.82) is 5.41 Å². The highest BCUT2D eigenvalue weighted by Crippen LogP contribution is 2.18. The second-order valence-corrected chi connectivity index (χ2v) is 8.61. The molecular weight excluding hydrogens is 468 g/mol. The second-order valence-electron chi connectivity index (χ2n) is 7.14. The summed E-state index contributed by atoms with van der Waals surface area (Å²) in [6.45, 7) is -0.102. The van der Waals surface area contributed by atoms with E-state index in [4.69, 9.17) is 25.5 Å². The van der Waals surface area contributed by atoms with Crippen LogP contribution in [0.1, 0.15) is 15.9 Å². The Bertz CT molecular complexity index is 1120. The number of carbonyl (C=O) groups is 3. The first-order valence-electron chi connectivity index (χ1n) is 9.54. The molecule has 2 aromatic rings. The minimum atomic E-state index is -3.67. The molecule has 2 aromatic carbocycles. The summed E-state index contributed by atoms with van der Waals surface area (Å²) in [5, 5.41) is 16.4. The highest BCUT2D eigenvalue weighted by molar-refractivity contribution is 7.85. The lowest BCUT2D eigenvalue weighted by molar-refractivity contribution is -0.136. The molecule has 5 N–H and O–H groups in total. The molecule has 34 heavy (non-hydrogen) atoms. The summed E-state index contributed by atoms with van der Waals surface area (Å²) in [5.74, 6) is -1.77. The third-order valence-corrected chi connectivity index (χ3v) is 3.99. The summed E-state index contributed by atoms with van der Waals surface area (Å²) in [4.78, 5) is 37.6. The Balaban J connectivity index is 0.00000104. The number of nitrogens with two attached hydrogens (primary N) is 1. The Morgan fingerprint density at radius 2 is 1.53 bits per heavy atom. The second kappa shape index (κ2) is 12.3. The number of esters is 1. The summed E-state index contributed by atoms with van der Waals surface area (Å²) in [5.41, 5.74) is 6.92. The number of nitrogens with one attached hydrogen (secondary N) is 1. The quantitative estimate of drug-likeness (QED) is 0.141. The van der Waals surface area contributed by atoms with Crippen LogP contribution in [0.5, 0.6) is 5.75 Å². The number of carboxylic acid groups (broad SMARTS) is 1. The van der Waals surface area contributed by atoms with E-state index in [-0.39, 0.29) is 36.1 Å². The Kier molecular flexibility index (Phi) is 10.2. The minimum Gasteiger partial charge on any atom is -0.481 e. The average molecular weight is 495 g/mol. The van der Waals surface area contributed by atoms with Crippen molar-refractivity contribution in [2.45, 2.75) is 6.42 Å². The van der Waals surface area contributed by atoms with Crippen molar-refractivity contribution in [3.05, 3.63) is 59.7 Å². The molecule has 0 aromatic heterocycles. The van der Waals surface area contributed by atoms with Crippen LogP contribution in [-0.4, -0.2) is 73.7 Å². The Hall–Kier alpha value is -3.97. The molecule has 0 aliphatic carbocycles. The zero-order valence-corrected chi connectivity index (χ0v) is 19.6. The Labute approximate surface area is 196 Å². The third kappa shape index (κ3) is 10.6. The van der Waals surface area contributed by atoms with Gasteiger partial charge in [0, 0.05) is 19.8 Å². The van der Waals surface area contributed by atoms with E-state index in [1.807, 2.05) is 0 Å². The SMILES string of the molecule is CN(C)C(=O)CN(C(=N)N)c1ccc(C(=O)Oc2ccc(CC(=O)O)cc2)cc1.CS(=O)(=O)O. The highest BCUT2D eigenvalue weighted by atomic mass is 32.2. The molecule has 1 amide bonds. The van der Waals surface area contributed by atoms with Gasteiger partial charge in [-0.1, -0.05) is 12.1 Å². The number of aliphatic carboxylic acids is 1. The van der Waals surface area contributed by atoms with E-state index in [1.165, 1.54) is 34.1 Å². The summed E-state index contributed by atoms with van der Waals surface area (Å²) >= 11 is 0. The number of carbonyl (C=O) groups excluding carboxylic acids is 2. The number of hydrogen-bond donors (Lipinski definition) is 4. The number of nitrogens with zero attached hydrogens (tertiary/aromatic N) is 2. The van der Waals surface area contributed by atoms with Gasteiger partial charge < -0.3 is 25.4 Å². The molecule has 0 aliphatic rings. The standard InChI is InChI=1S/C20H22N4O5.CH4O3S/c1-23(2)17(25)12-24(20(21)22)15-7-5-14(6-8-15)19(28)29-16-9-3-13(4-10-16)11-18(26)27;1-5(2,3)4/h3-10H,11-12H2,1-2H3,(H3,21,22)(H,26,27);1H3,(H,2,3,4). The number of amides is 1. The third-order valence-electron chi connectivity index (χ3n) is 3.99. The molecule has 0 radical (unpaired) electrons. The molecule has 13 heteroatoms. The average Bonchev–Trinajstić information content (AvgIpc) is 2.71. The van der Waals surface area contributed by atoms with Crippen LogP contribution in [0, 0.1) is 5.41 Å². The van der Waals surface area contributed by atoms with E-state index < -0.39 is 22.1 Å². The number of benzene rings is 2. The fourth-order valence-corrected chi connectivity index (χ4v) is 2.39. The topological polar surface area (TPSA) is 191 Å². The fourth-order valence-electron chi connectivity index (χ4n) is 2.39.